The predicted octanol–water partition coefficient (Wildman–Crippen LogP) is -0.182. The number of carbonyl (C=O) groups is 1. The molecule has 0 aliphatic carbocycles. The summed E-state index contributed by atoms with van der Waals surface area (Å²) in [5, 5.41) is 2.85. The van der Waals surface area contributed by atoms with Gasteiger partial charge in [-0.15, -0.1) is 0 Å². The molecule has 20 heavy (non-hydrogen) atoms. The molecule has 7 nitrogen and oxygen atoms in total. The zero-order valence-corrected chi connectivity index (χ0v) is 12.1. The lowest BCUT2D eigenvalue weighted by molar-refractivity contribution is 0.0920. The number of hydrogen-bond acceptors (Lipinski definition) is 5. The molecule has 0 unspecified atom stereocenters. The quantitative estimate of drug-likeness (QED) is 0.805. The number of rotatable bonds is 3. The van der Waals surface area contributed by atoms with Crippen LogP contribution in [-0.4, -0.2) is 49.0 Å². The fraction of sp³-hybridized carbons (Fsp3) is 0.500. The van der Waals surface area contributed by atoms with E-state index in [2.05, 4.69) is 10.3 Å². The topological polar surface area (TPSA) is 105 Å². The lowest BCUT2D eigenvalue weighted by Crippen LogP contribution is -2.46. The van der Waals surface area contributed by atoms with Crippen molar-refractivity contribution in [3.05, 3.63) is 24.0 Å². The molecule has 1 saturated heterocycles. The molecule has 1 amide bonds. The highest BCUT2D eigenvalue weighted by molar-refractivity contribution is 7.88. The molecule has 3 N–H and O–H groups in total. The zero-order chi connectivity index (χ0) is 14.8. The molecule has 0 radical (unpaired) electrons. The van der Waals surface area contributed by atoms with Gasteiger partial charge in [-0.1, -0.05) is 0 Å². The van der Waals surface area contributed by atoms with Crippen LogP contribution in [0.5, 0.6) is 0 Å². The minimum atomic E-state index is -3.15. The standard InChI is InChI=1S/C12H18N4O3S/c1-20(18,19)16-7-4-9(5-8-16)15-12(17)11-10(13)3-2-6-14-11/h2-3,6,9H,4-5,7-8,13H2,1H3,(H,15,17). The van der Waals surface area contributed by atoms with Gasteiger partial charge in [-0.3, -0.25) is 4.79 Å². The van der Waals surface area contributed by atoms with Crippen molar-refractivity contribution < 1.29 is 13.2 Å². The molecular weight excluding hydrogens is 280 g/mol. The van der Waals surface area contributed by atoms with Crippen molar-refractivity contribution in [3.8, 4) is 0 Å². The van der Waals surface area contributed by atoms with E-state index in [1.165, 1.54) is 16.8 Å². The first-order valence-electron chi connectivity index (χ1n) is 6.34. The van der Waals surface area contributed by atoms with Gasteiger partial charge in [-0.25, -0.2) is 17.7 Å². The number of hydrogen-bond donors (Lipinski definition) is 2. The van der Waals surface area contributed by atoms with E-state index >= 15 is 0 Å². The Labute approximate surface area is 118 Å². The number of pyridine rings is 1. The normalized spacial score (nSPS) is 17.9. The van der Waals surface area contributed by atoms with Gasteiger partial charge in [-0.2, -0.15) is 0 Å². The third-order valence-corrected chi connectivity index (χ3v) is 4.62. The summed E-state index contributed by atoms with van der Waals surface area (Å²) in [6.07, 6.45) is 3.88. The Balaban J connectivity index is 1.93. The number of aromatic nitrogens is 1. The molecule has 2 heterocycles. The number of nitrogens with two attached hydrogens (primary N) is 1. The smallest absolute Gasteiger partial charge is 0.272 e. The summed E-state index contributed by atoms with van der Waals surface area (Å²) in [4.78, 5) is 16.0. The molecule has 2 rings (SSSR count). The molecule has 0 saturated carbocycles. The Morgan fingerprint density at radius 3 is 2.65 bits per heavy atom. The molecule has 0 spiro atoms. The summed E-state index contributed by atoms with van der Waals surface area (Å²) in [7, 11) is -3.15. The van der Waals surface area contributed by atoms with Gasteiger partial charge in [0.25, 0.3) is 5.91 Å². The van der Waals surface area contributed by atoms with Gasteiger partial charge < -0.3 is 11.1 Å². The number of amides is 1. The molecule has 0 bridgehead atoms. The van der Waals surface area contributed by atoms with Crippen LogP contribution in [-0.2, 0) is 10.0 Å². The van der Waals surface area contributed by atoms with E-state index in [1.807, 2.05) is 0 Å². The van der Waals surface area contributed by atoms with E-state index in [1.54, 1.807) is 12.1 Å². The number of sulfonamides is 1. The molecule has 110 valence electrons. The molecule has 1 fully saturated rings. The summed E-state index contributed by atoms with van der Waals surface area (Å²) < 4.78 is 24.2. The second kappa shape index (κ2) is 5.76. The lowest BCUT2D eigenvalue weighted by Gasteiger charge is -2.30. The first-order chi connectivity index (χ1) is 9.38. The molecule has 1 aromatic heterocycles. The molecule has 8 heteroatoms. The Bertz CT molecular complexity index is 594. The van der Waals surface area contributed by atoms with Gasteiger partial charge in [0.2, 0.25) is 10.0 Å². The van der Waals surface area contributed by atoms with Crippen LogP contribution < -0.4 is 11.1 Å². The highest BCUT2D eigenvalue weighted by Gasteiger charge is 2.26. The fourth-order valence-corrected chi connectivity index (χ4v) is 3.07. The van der Waals surface area contributed by atoms with Gasteiger partial charge in [0.1, 0.15) is 0 Å². The first kappa shape index (κ1) is 14.7. The third-order valence-electron chi connectivity index (χ3n) is 3.31. The number of nitrogen functional groups attached to an aromatic ring is 1. The number of piperidine rings is 1. The van der Waals surface area contributed by atoms with Crippen LogP contribution in [0, 0.1) is 0 Å². The van der Waals surface area contributed by atoms with Crippen molar-refractivity contribution in [2.75, 3.05) is 25.1 Å². The van der Waals surface area contributed by atoms with Crippen molar-refractivity contribution in [1.29, 1.82) is 0 Å². The Morgan fingerprint density at radius 2 is 2.10 bits per heavy atom. The van der Waals surface area contributed by atoms with Gasteiger partial charge in [0, 0.05) is 25.3 Å². The number of carbonyl (C=O) groups excluding carboxylic acids is 1. The van der Waals surface area contributed by atoms with Crippen LogP contribution in [0.1, 0.15) is 23.3 Å². The van der Waals surface area contributed by atoms with Crippen LogP contribution in [0.4, 0.5) is 5.69 Å². The molecular formula is C12H18N4O3S. The lowest BCUT2D eigenvalue weighted by atomic mass is 10.1. The van der Waals surface area contributed by atoms with Crippen molar-refractivity contribution in [3.63, 3.8) is 0 Å². The largest absolute Gasteiger partial charge is 0.397 e. The van der Waals surface area contributed by atoms with Crippen LogP contribution >= 0.6 is 0 Å². The van der Waals surface area contributed by atoms with Crippen LogP contribution in [0.3, 0.4) is 0 Å². The van der Waals surface area contributed by atoms with Gasteiger partial charge in [0.15, 0.2) is 5.69 Å². The van der Waals surface area contributed by atoms with Gasteiger partial charge in [-0.05, 0) is 25.0 Å². The molecule has 1 aromatic rings. The maximum atomic E-state index is 12.0. The van der Waals surface area contributed by atoms with Crippen LogP contribution in [0.15, 0.2) is 18.3 Å². The first-order valence-corrected chi connectivity index (χ1v) is 8.19. The van der Waals surface area contributed by atoms with E-state index < -0.39 is 10.0 Å². The van der Waals surface area contributed by atoms with E-state index in [9.17, 15) is 13.2 Å². The van der Waals surface area contributed by atoms with E-state index in [0.717, 1.165) is 0 Å². The maximum Gasteiger partial charge on any atom is 0.272 e. The highest BCUT2D eigenvalue weighted by Crippen LogP contribution is 2.14. The number of anilines is 1. The molecule has 0 atom stereocenters. The van der Waals surface area contributed by atoms with Crippen molar-refractivity contribution in [1.82, 2.24) is 14.6 Å². The Hall–Kier alpha value is -1.67. The fourth-order valence-electron chi connectivity index (χ4n) is 2.19. The van der Waals surface area contributed by atoms with Crippen molar-refractivity contribution >= 4 is 21.6 Å². The Morgan fingerprint density at radius 1 is 1.45 bits per heavy atom. The average Bonchev–Trinajstić information content (AvgIpc) is 2.38. The minimum absolute atomic E-state index is 0.0538. The number of nitrogens with zero attached hydrogens (tertiary/aromatic N) is 2. The van der Waals surface area contributed by atoms with Gasteiger partial charge in [0.05, 0.1) is 11.9 Å². The van der Waals surface area contributed by atoms with E-state index in [0.29, 0.717) is 31.6 Å². The third kappa shape index (κ3) is 3.45. The molecule has 1 aliphatic heterocycles. The summed E-state index contributed by atoms with van der Waals surface area (Å²) in [6.45, 7) is 0.836. The summed E-state index contributed by atoms with van der Waals surface area (Å²) >= 11 is 0. The van der Waals surface area contributed by atoms with Crippen molar-refractivity contribution in [2.24, 2.45) is 0 Å². The monoisotopic (exact) mass is 298 g/mol. The maximum absolute atomic E-state index is 12.0. The highest BCUT2D eigenvalue weighted by atomic mass is 32.2. The van der Waals surface area contributed by atoms with E-state index in [-0.39, 0.29) is 17.6 Å². The molecule has 1 aliphatic rings. The number of nitrogens with one attached hydrogen (secondary N) is 1. The van der Waals surface area contributed by atoms with E-state index in [4.69, 9.17) is 5.73 Å². The van der Waals surface area contributed by atoms with Gasteiger partial charge >= 0.3 is 0 Å². The van der Waals surface area contributed by atoms with Crippen LogP contribution in [0.25, 0.3) is 0 Å². The SMILES string of the molecule is CS(=O)(=O)N1CCC(NC(=O)c2ncccc2N)CC1. The minimum Gasteiger partial charge on any atom is -0.397 e. The van der Waals surface area contributed by atoms with Crippen LogP contribution in [0.2, 0.25) is 0 Å². The predicted molar refractivity (Wildman–Crippen MR) is 75.6 cm³/mol. The Kier molecular flexibility index (Phi) is 4.24. The second-order valence-corrected chi connectivity index (χ2v) is 6.83. The summed E-state index contributed by atoms with van der Waals surface area (Å²) in [6, 6.07) is 3.23. The zero-order valence-electron chi connectivity index (χ0n) is 11.2. The average molecular weight is 298 g/mol. The summed E-state index contributed by atoms with van der Waals surface area (Å²) in [5.41, 5.74) is 6.23. The van der Waals surface area contributed by atoms with Crippen molar-refractivity contribution in [2.45, 2.75) is 18.9 Å². The second-order valence-electron chi connectivity index (χ2n) is 4.85. The molecule has 0 aromatic carbocycles. The summed E-state index contributed by atoms with van der Waals surface area (Å²) in [5.74, 6) is -0.319.